The zero-order chi connectivity index (χ0) is 20.8. The highest BCUT2D eigenvalue weighted by Gasteiger charge is 2.21. The number of aryl methyl sites for hydroxylation is 3. The number of nitrogens with one attached hydrogen (secondary N) is 2. The molecule has 0 radical (unpaired) electrons. The maximum absolute atomic E-state index is 13.2. The Morgan fingerprint density at radius 3 is 2.83 bits per heavy atom. The molecule has 1 aliphatic rings. The predicted molar refractivity (Wildman–Crippen MR) is 116 cm³/mol. The molecule has 0 atom stereocenters. The van der Waals surface area contributed by atoms with Crippen molar-refractivity contribution in [3.63, 3.8) is 0 Å². The van der Waals surface area contributed by atoms with Gasteiger partial charge in [0.1, 0.15) is 0 Å². The number of pyridine rings is 1. The number of fused-ring (bicyclic) bond motifs is 2. The molecule has 0 fully saturated rings. The number of aromatic nitrogens is 2. The van der Waals surface area contributed by atoms with Gasteiger partial charge in [-0.3, -0.25) is 9.59 Å². The number of hydrogen-bond donors (Lipinski definition) is 2. The topological polar surface area (TPSA) is 97.1 Å². The molecule has 0 bridgehead atoms. The average Bonchev–Trinajstić information content (AvgIpc) is 3.33. The fraction of sp³-hybridized carbons (Fsp3) is 0.182. The normalized spacial score (nSPS) is 13.2. The molecule has 1 aromatic carbocycles. The molecule has 4 aromatic rings. The van der Waals surface area contributed by atoms with Gasteiger partial charge in [0.05, 0.1) is 27.2 Å². The molecule has 4 heterocycles. The first kappa shape index (κ1) is 18.5. The van der Waals surface area contributed by atoms with E-state index in [1.807, 2.05) is 31.2 Å². The van der Waals surface area contributed by atoms with Gasteiger partial charge in [0, 0.05) is 22.7 Å². The molecule has 0 saturated heterocycles. The lowest BCUT2D eigenvalue weighted by atomic mass is 10.0. The molecular formula is C22H18N4O3S. The lowest BCUT2D eigenvalue weighted by Gasteiger charge is -2.18. The Hall–Kier alpha value is -3.52. The van der Waals surface area contributed by atoms with E-state index in [-0.39, 0.29) is 11.8 Å². The van der Waals surface area contributed by atoms with E-state index >= 15 is 0 Å². The fourth-order valence-corrected chi connectivity index (χ4v) is 4.46. The van der Waals surface area contributed by atoms with E-state index in [1.54, 1.807) is 30.4 Å². The van der Waals surface area contributed by atoms with Crippen LogP contribution < -0.4 is 10.6 Å². The number of carbonyl (C=O) groups excluding carboxylic acids is 2. The minimum Gasteiger partial charge on any atom is -0.335 e. The molecule has 3 aromatic heterocycles. The third-order valence-corrected chi connectivity index (χ3v) is 6.14. The highest BCUT2D eigenvalue weighted by molar-refractivity contribution is 7.15. The molecule has 2 amide bonds. The van der Waals surface area contributed by atoms with Crippen LogP contribution in [0, 0.1) is 13.8 Å². The number of benzene rings is 1. The van der Waals surface area contributed by atoms with Gasteiger partial charge in [0.2, 0.25) is 5.91 Å². The minimum atomic E-state index is -0.261. The monoisotopic (exact) mass is 418 g/mol. The van der Waals surface area contributed by atoms with E-state index in [2.05, 4.69) is 20.8 Å². The van der Waals surface area contributed by atoms with Gasteiger partial charge in [-0.1, -0.05) is 5.16 Å². The van der Waals surface area contributed by atoms with Crippen LogP contribution in [0.15, 0.2) is 40.9 Å². The van der Waals surface area contributed by atoms with Gasteiger partial charge in [-0.2, -0.15) is 0 Å². The number of nitrogens with zero attached hydrogens (tertiary/aromatic N) is 2. The van der Waals surface area contributed by atoms with Gasteiger partial charge in [0.25, 0.3) is 11.6 Å². The summed E-state index contributed by atoms with van der Waals surface area (Å²) in [4.78, 5) is 31.4. The lowest BCUT2D eigenvalue weighted by molar-refractivity contribution is -0.116. The number of thiophene rings is 1. The molecule has 5 rings (SSSR count). The van der Waals surface area contributed by atoms with Crippen molar-refractivity contribution >= 4 is 45.6 Å². The van der Waals surface area contributed by atoms with Crippen LogP contribution in [0.2, 0.25) is 0 Å². The maximum atomic E-state index is 13.2. The van der Waals surface area contributed by atoms with Crippen molar-refractivity contribution in [1.82, 2.24) is 10.1 Å². The van der Waals surface area contributed by atoms with Crippen LogP contribution in [-0.4, -0.2) is 22.0 Å². The molecule has 0 spiro atoms. The second-order valence-corrected chi connectivity index (χ2v) is 8.58. The van der Waals surface area contributed by atoms with E-state index in [4.69, 9.17) is 4.52 Å². The SMILES string of the molecule is Cc1ccc(-c2cc(C(=O)Nc3ccc4c(c3)CCC(=O)N4)c3c(C)noc3n2)s1. The Bertz CT molecular complexity index is 1320. The van der Waals surface area contributed by atoms with Gasteiger partial charge in [0.15, 0.2) is 0 Å². The first-order chi connectivity index (χ1) is 14.5. The van der Waals surface area contributed by atoms with Crippen LogP contribution in [0.5, 0.6) is 0 Å². The first-order valence-electron chi connectivity index (χ1n) is 9.56. The standard InChI is InChI=1S/C22H18N4O3S/c1-11-3-7-18(30-11)17-10-15(20-12(2)26-29-22(20)25-17)21(28)23-14-5-6-16-13(9-14)4-8-19(27)24-16/h3,5-7,9-10H,4,8H2,1-2H3,(H,23,28)(H,24,27). The molecule has 150 valence electrons. The molecule has 7 nitrogen and oxygen atoms in total. The van der Waals surface area contributed by atoms with Crippen LogP contribution in [-0.2, 0) is 11.2 Å². The van der Waals surface area contributed by atoms with Crippen molar-refractivity contribution in [3.8, 4) is 10.6 Å². The number of hydrogen-bond acceptors (Lipinski definition) is 6. The highest BCUT2D eigenvalue weighted by atomic mass is 32.1. The van der Waals surface area contributed by atoms with Gasteiger partial charge in [-0.05, 0) is 62.2 Å². The van der Waals surface area contributed by atoms with Gasteiger partial charge < -0.3 is 15.2 Å². The van der Waals surface area contributed by atoms with Crippen LogP contribution in [0.25, 0.3) is 21.7 Å². The number of rotatable bonds is 3. The first-order valence-corrected chi connectivity index (χ1v) is 10.4. The van der Waals surface area contributed by atoms with Gasteiger partial charge in [-0.15, -0.1) is 11.3 Å². The summed E-state index contributed by atoms with van der Waals surface area (Å²) in [5.74, 6) is -0.249. The molecule has 0 unspecified atom stereocenters. The summed E-state index contributed by atoms with van der Waals surface area (Å²) < 4.78 is 5.37. The molecule has 1 aliphatic heterocycles. The van der Waals surface area contributed by atoms with Crippen LogP contribution in [0.1, 0.15) is 32.9 Å². The van der Waals surface area contributed by atoms with E-state index in [1.165, 1.54) is 0 Å². The van der Waals surface area contributed by atoms with Gasteiger partial charge in [-0.25, -0.2) is 4.98 Å². The van der Waals surface area contributed by atoms with Gasteiger partial charge >= 0.3 is 0 Å². The highest BCUT2D eigenvalue weighted by Crippen LogP contribution is 2.32. The van der Waals surface area contributed by atoms with E-state index in [9.17, 15) is 9.59 Å². The summed E-state index contributed by atoms with van der Waals surface area (Å²) in [6.45, 7) is 3.82. The molecule has 0 saturated carbocycles. The van der Waals surface area contributed by atoms with Crippen LogP contribution >= 0.6 is 11.3 Å². The van der Waals surface area contributed by atoms with Crippen LogP contribution in [0.4, 0.5) is 11.4 Å². The zero-order valence-electron chi connectivity index (χ0n) is 16.4. The Morgan fingerprint density at radius 2 is 2.03 bits per heavy atom. The molecule has 30 heavy (non-hydrogen) atoms. The molecule has 8 heteroatoms. The quantitative estimate of drug-likeness (QED) is 0.502. The lowest BCUT2D eigenvalue weighted by Crippen LogP contribution is -2.19. The van der Waals surface area contributed by atoms with Crippen molar-refractivity contribution in [2.24, 2.45) is 0 Å². The fourth-order valence-electron chi connectivity index (χ4n) is 3.63. The summed E-state index contributed by atoms with van der Waals surface area (Å²) in [7, 11) is 0. The second kappa shape index (κ2) is 7.07. The summed E-state index contributed by atoms with van der Waals surface area (Å²) in [6, 6.07) is 11.3. The van der Waals surface area contributed by atoms with E-state index in [0.717, 1.165) is 21.0 Å². The van der Waals surface area contributed by atoms with E-state index in [0.29, 0.717) is 46.6 Å². The molecular weight excluding hydrogens is 400 g/mol. The third-order valence-electron chi connectivity index (χ3n) is 5.11. The smallest absolute Gasteiger partial charge is 0.259 e. The van der Waals surface area contributed by atoms with Crippen molar-refractivity contribution < 1.29 is 14.1 Å². The zero-order valence-corrected chi connectivity index (χ0v) is 17.2. The van der Waals surface area contributed by atoms with Crippen molar-refractivity contribution in [2.45, 2.75) is 26.7 Å². The number of anilines is 2. The Morgan fingerprint density at radius 1 is 1.17 bits per heavy atom. The molecule has 2 N–H and O–H groups in total. The Labute approximate surface area is 176 Å². The second-order valence-electron chi connectivity index (χ2n) is 7.29. The number of amides is 2. The average molecular weight is 418 g/mol. The number of carbonyl (C=O) groups is 2. The third kappa shape index (κ3) is 3.25. The van der Waals surface area contributed by atoms with Crippen molar-refractivity contribution in [3.05, 3.63) is 58.1 Å². The van der Waals surface area contributed by atoms with Crippen LogP contribution in [0.3, 0.4) is 0 Å². The largest absolute Gasteiger partial charge is 0.335 e. The van der Waals surface area contributed by atoms with Crippen molar-refractivity contribution in [2.75, 3.05) is 10.6 Å². The minimum absolute atomic E-state index is 0.0118. The Balaban J connectivity index is 1.53. The Kier molecular flexibility index (Phi) is 4.36. The molecule has 0 aliphatic carbocycles. The summed E-state index contributed by atoms with van der Waals surface area (Å²) in [5, 5.41) is 10.4. The van der Waals surface area contributed by atoms with E-state index < -0.39 is 0 Å². The van der Waals surface area contributed by atoms with Crippen molar-refractivity contribution in [1.29, 1.82) is 0 Å². The summed E-state index contributed by atoms with van der Waals surface area (Å²) in [6.07, 6.45) is 1.09. The summed E-state index contributed by atoms with van der Waals surface area (Å²) in [5.41, 5.74) is 4.56. The summed E-state index contributed by atoms with van der Waals surface area (Å²) >= 11 is 1.61. The maximum Gasteiger partial charge on any atom is 0.259 e. The predicted octanol–water partition coefficient (Wildman–Crippen LogP) is 4.71.